The zero-order valence-corrected chi connectivity index (χ0v) is 11.0. The molecule has 0 saturated carbocycles. The van der Waals surface area contributed by atoms with Crippen LogP contribution < -0.4 is 5.32 Å². The molecule has 4 nitrogen and oxygen atoms in total. The van der Waals surface area contributed by atoms with Crippen LogP contribution in [0.25, 0.3) is 0 Å². The average Bonchev–Trinajstić information content (AvgIpc) is 2.81. The van der Waals surface area contributed by atoms with Gasteiger partial charge in [-0.3, -0.25) is 4.79 Å². The van der Waals surface area contributed by atoms with Crippen LogP contribution in [0.3, 0.4) is 0 Å². The maximum absolute atomic E-state index is 12.2. The number of nitrogens with zero attached hydrogens (tertiary/aromatic N) is 1. The number of ether oxygens (including phenoxy) is 1. The molecule has 1 fully saturated rings. The smallest absolute Gasteiger partial charge is 0.242 e. The van der Waals surface area contributed by atoms with Crippen LogP contribution >= 0.6 is 11.3 Å². The van der Waals surface area contributed by atoms with E-state index in [0.29, 0.717) is 13.2 Å². The molecule has 1 saturated heterocycles. The number of morpholine rings is 1. The van der Waals surface area contributed by atoms with Crippen LogP contribution in [0, 0.1) is 0 Å². The van der Waals surface area contributed by atoms with Gasteiger partial charge in [0.1, 0.15) is 6.04 Å². The number of amides is 1. The molecule has 17 heavy (non-hydrogen) atoms. The fourth-order valence-electron chi connectivity index (χ4n) is 1.96. The van der Waals surface area contributed by atoms with E-state index < -0.39 is 0 Å². The van der Waals surface area contributed by atoms with E-state index >= 15 is 0 Å². The Bertz CT molecular complexity index is 367. The quantitative estimate of drug-likeness (QED) is 0.877. The van der Waals surface area contributed by atoms with Crippen molar-refractivity contribution in [1.82, 2.24) is 10.2 Å². The van der Waals surface area contributed by atoms with Gasteiger partial charge < -0.3 is 15.0 Å². The number of carbonyl (C=O) groups is 1. The number of hydrogen-bond acceptors (Lipinski definition) is 4. The standard InChI is InChI=1S/C12H18N2O2S/c1-9-11(13-5-6-16-9)12(15)14(2)8-10-4-3-7-17-10/h3-4,7,9,11,13H,5-6,8H2,1-2H3/t9-,11+/m1/s1. The van der Waals surface area contributed by atoms with Crippen molar-refractivity contribution in [2.75, 3.05) is 20.2 Å². The van der Waals surface area contributed by atoms with Crippen LogP contribution in [-0.2, 0) is 16.1 Å². The number of hydrogen-bond donors (Lipinski definition) is 1. The minimum Gasteiger partial charge on any atom is -0.375 e. The molecule has 0 unspecified atom stereocenters. The van der Waals surface area contributed by atoms with Gasteiger partial charge in [-0.05, 0) is 18.4 Å². The molecule has 0 spiro atoms. The first-order valence-corrected chi connectivity index (χ1v) is 6.69. The lowest BCUT2D eigenvalue weighted by atomic mass is 10.1. The van der Waals surface area contributed by atoms with Gasteiger partial charge in [-0.2, -0.15) is 0 Å². The highest BCUT2D eigenvalue weighted by atomic mass is 32.1. The molecule has 94 valence electrons. The minimum absolute atomic E-state index is 0.0537. The summed E-state index contributed by atoms with van der Waals surface area (Å²) >= 11 is 1.67. The predicted octanol–water partition coefficient (Wildman–Crippen LogP) is 1.08. The van der Waals surface area contributed by atoms with Gasteiger partial charge >= 0.3 is 0 Å². The molecule has 0 aliphatic carbocycles. The average molecular weight is 254 g/mol. The zero-order valence-electron chi connectivity index (χ0n) is 10.2. The van der Waals surface area contributed by atoms with Crippen LogP contribution in [-0.4, -0.2) is 43.2 Å². The summed E-state index contributed by atoms with van der Waals surface area (Å²) in [5.74, 6) is 0.102. The summed E-state index contributed by atoms with van der Waals surface area (Å²) in [4.78, 5) is 15.2. The normalized spacial score (nSPS) is 24.6. The Balaban J connectivity index is 1.94. The van der Waals surface area contributed by atoms with Crippen molar-refractivity contribution < 1.29 is 9.53 Å². The van der Waals surface area contributed by atoms with Crippen LogP contribution in [0.15, 0.2) is 17.5 Å². The second-order valence-electron chi connectivity index (χ2n) is 4.28. The van der Waals surface area contributed by atoms with Crippen LogP contribution in [0.2, 0.25) is 0 Å². The maximum Gasteiger partial charge on any atom is 0.242 e. The molecule has 2 atom stereocenters. The van der Waals surface area contributed by atoms with E-state index in [1.165, 1.54) is 4.88 Å². The van der Waals surface area contributed by atoms with E-state index in [9.17, 15) is 4.79 Å². The first kappa shape index (κ1) is 12.5. The van der Waals surface area contributed by atoms with E-state index in [0.717, 1.165) is 6.54 Å². The lowest BCUT2D eigenvalue weighted by Gasteiger charge is -2.32. The Hall–Kier alpha value is -0.910. The van der Waals surface area contributed by atoms with E-state index in [4.69, 9.17) is 4.74 Å². The molecule has 1 aliphatic heterocycles. The Morgan fingerprint density at radius 2 is 2.53 bits per heavy atom. The summed E-state index contributed by atoms with van der Waals surface area (Å²) in [5.41, 5.74) is 0. The molecule has 1 aliphatic rings. The molecule has 5 heteroatoms. The van der Waals surface area contributed by atoms with Crippen molar-refractivity contribution in [3.05, 3.63) is 22.4 Å². The summed E-state index contributed by atoms with van der Waals surface area (Å²) in [7, 11) is 1.84. The number of nitrogens with one attached hydrogen (secondary N) is 1. The largest absolute Gasteiger partial charge is 0.375 e. The van der Waals surface area contributed by atoms with Gasteiger partial charge in [-0.15, -0.1) is 11.3 Å². The molecule has 1 N–H and O–H groups in total. The van der Waals surface area contributed by atoms with Crippen LogP contribution in [0.4, 0.5) is 0 Å². The van der Waals surface area contributed by atoms with Gasteiger partial charge in [0.15, 0.2) is 0 Å². The van der Waals surface area contributed by atoms with Crippen molar-refractivity contribution in [2.24, 2.45) is 0 Å². The van der Waals surface area contributed by atoms with Gasteiger partial charge in [0.25, 0.3) is 0 Å². The lowest BCUT2D eigenvalue weighted by molar-refractivity contribution is -0.138. The first-order valence-electron chi connectivity index (χ1n) is 5.81. The summed E-state index contributed by atoms with van der Waals surface area (Å²) in [5, 5.41) is 5.24. The summed E-state index contributed by atoms with van der Waals surface area (Å²) < 4.78 is 5.49. The highest BCUT2D eigenvalue weighted by Gasteiger charge is 2.30. The van der Waals surface area contributed by atoms with Gasteiger partial charge in [0.05, 0.1) is 19.3 Å². The van der Waals surface area contributed by atoms with E-state index in [1.807, 2.05) is 31.5 Å². The number of carbonyl (C=O) groups excluding carboxylic acids is 1. The van der Waals surface area contributed by atoms with Gasteiger partial charge in [-0.1, -0.05) is 6.07 Å². The Kier molecular flexibility index (Phi) is 4.15. The Morgan fingerprint density at radius 1 is 1.71 bits per heavy atom. The van der Waals surface area contributed by atoms with Crippen molar-refractivity contribution in [1.29, 1.82) is 0 Å². The highest BCUT2D eigenvalue weighted by molar-refractivity contribution is 7.09. The molecule has 0 radical (unpaired) electrons. The number of thiophene rings is 1. The van der Waals surface area contributed by atoms with Crippen molar-refractivity contribution in [3.63, 3.8) is 0 Å². The van der Waals surface area contributed by atoms with E-state index in [-0.39, 0.29) is 18.1 Å². The fourth-order valence-corrected chi connectivity index (χ4v) is 2.72. The van der Waals surface area contributed by atoms with Crippen molar-refractivity contribution >= 4 is 17.2 Å². The minimum atomic E-state index is -0.214. The predicted molar refractivity (Wildman–Crippen MR) is 68.0 cm³/mol. The molecular formula is C12H18N2O2S. The van der Waals surface area contributed by atoms with E-state index in [2.05, 4.69) is 5.32 Å². The third-order valence-electron chi connectivity index (χ3n) is 2.93. The third-order valence-corrected chi connectivity index (χ3v) is 3.79. The lowest BCUT2D eigenvalue weighted by Crippen LogP contribution is -2.55. The van der Waals surface area contributed by atoms with Gasteiger partial charge in [-0.25, -0.2) is 0 Å². The first-order chi connectivity index (χ1) is 8.18. The number of likely N-dealkylation sites (N-methyl/N-ethyl adjacent to an activating group) is 1. The highest BCUT2D eigenvalue weighted by Crippen LogP contribution is 2.13. The SMILES string of the molecule is C[C@H]1OCCN[C@@H]1C(=O)N(C)Cc1cccs1. The van der Waals surface area contributed by atoms with E-state index in [1.54, 1.807) is 16.2 Å². The van der Waals surface area contributed by atoms with Crippen molar-refractivity contribution in [2.45, 2.75) is 25.6 Å². The topological polar surface area (TPSA) is 41.6 Å². The monoisotopic (exact) mass is 254 g/mol. The molecule has 0 aromatic carbocycles. The van der Waals surface area contributed by atoms with Gasteiger partial charge in [0.2, 0.25) is 5.91 Å². The molecule has 1 aromatic rings. The third kappa shape index (κ3) is 3.06. The molecule has 2 rings (SSSR count). The summed E-state index contributed by atoms with van der Waals surface area (Å²) in [6, 6.07) is 3.83. The van der Waals surface area contributed by atoms with Crippen molar-refractivity contribution in [3.8, 4) is 0 Å². The number of rotatable bonds is 3. The summed E-state index contributed by atoms with van der Waals surface area (Å²) in [6.45, 7) is 4.03. The molecule has 1 amide bonds. The Morgan fingerprint density at radius 3 is 3.18 bits per heavy atom. The maximum atomic E-state index is 12.2. The zero-order chi connectivity index (χ0) is 12.3. The van der Waals surface area contributed by atoms with Gasteiger partial charge in [0, 0.05) is 18.5 Å². The molecule has 1 aromatic heterocycles. The summed E-state index contributed by atoms with van der Waals surface area (Å²) in [6.07, 6.45) is -0.0537. The molecule has 2 heterocycles. The second-order valence-corrected chi connectivity index (χ2v) is 5.31. The van der Waals surface area contributed by atoms with Crippen LogP contribution in [0.1, 0.15) is 11.8 Å². The molecular weight excluding hydrogens is 236 g/mol. The Labute approximate surface area is 106 Å². The van der Waals surface area contributed by atoms with Crippen LogP contribution in [0.5, 0.6) is 0 Å². The fraction of sp³-hybridized carbons (Fsp3) is 0.583. The molecule has 0 bridgehead atoms. The second kappa shape index (κ2) is 5.62.